The number of hydrogen-bond donors (Lipinski definition) is 1. The quantitative estimate of drug-likeness (QED) is 0.924. The molecule has 0 bridgehead atoms. The minimum absolute atomic E-state index is 0.0902. The zero-order chi connectivity index (χ0) is 15.6. The van der Waals surface area contributed by atoms with E-state index in [2.05, 4.69) is 5.32 Å². The van der Waals surface area contributed by atoms with Crippen LogP contribution in [0.2, 0.25) is 0 Å². The van der Waals surface area contributed by atoms with Crippen LogP contribution < -0.4 is 5.32 Å². The molecule has 0 saturated carbocycles. The predicted molar refractivity (Wildman–Crippen MR) is 78.0 cm³/mol. The fourth-order valence-corrected chi connectivity index (χ4v) is 2.69. The number of carbonyl (C=O) groups excluding carboxylic acids is 2. The first-order valence-electron chi connectivity index (χ1n) is 7.33. The molecule has 2 rings (SSSR count). The summed E-state index contributed by atoms with van der Waals surface area (Å²) in [5.41, 5.74) is 1.66. The van der Waals surface area contributed by atoms with Gasteiger partial charge in [-0.2, -0.15) is 0 Å². The van der Waals surface area contributed by atoms with Crippen LogP contribution in [0.15, 0.2) is 18.2 Å². The summed E-state index contributed by atoms with van der Waals surface area (Å²) in [6.45, 7) is 5.88. The Kier molecular flexibility index (Phi) is 4.60. The fourth-order valence-electron chi connectivity index (χ4n) is 2.69. The molecule has 0 aromatic heterocycles. The van der Waals surface area contributed by atoms with Crippen molar-refractivity contribution in [1.82, 2.24) is 10.2 Å². The number of piperazine rings is 1. The third-order valence-electron chi connectivity index (χ3n) is 4.02. The second-order valence-electron chi connectivity index (χ2n) is 5.43. The largest absolute Gasteiger partial charge is 0.343 e. The van der Waals surface area contributed by atoms with Crippen molar-refractivity contribution in [2.24, 2.45) is 0 Å². The van der Waals surface area contributed by atoms with Crippen LogP contribution in [0.3, 0.4) is 0 Å². The molecular formula is C16H21FN2O2. The van der Waals surface area contributed by atoms with Gasteiger partial charge in [-0.1, -0.05) is 19.9 Å². The summed E-state index contributed by atoms with van der Waals surface area (Å²) in [6, 6.07) is 3.56. The molecule has 1 fully saturated rings. The van der Waals surface area contributed by atoms with E-state index in [0.29, 0.717) is 12.8 Å². The highest BCUT2D eigenvalue weighted by atomic mass is 19.1. The number of nitrogens with one attached hydrogen (secondary N) is 1. The third-order valence-corrected chi connectivity index (χ3v) is 4.02. The van der Waals surface area contributed by atoms with Crippen molar-refractivity contribution in [3.05, 3.63) is 35.1 Å². The lowest BCUT2D eigenvalue weighted by Crippen LogP contribution is -2.62. The average molecular weight is 292 g/mol. The fraction of sp³-hybridized carbons (Fsp3) is 0.500. The highest BCUT2D eigenvalue weighted by molar-refractivity contribution is 5.96. The SMILES string of the molecule is CCC1NC(=O)C(CC)N(Cc2cc(F)ccc2C)C1=O. The van der Waals surface area contributed by atoms with Gasteiger partial charge in [0.05, 0.1) is 0 Å². The molecule has 114 valence electrons. The first-order valence-corrected chi connectivity index (χ1v) is 7.33. The summed E-state index contributed by atoms with van der Waals surface area (Å²) >= 11 is 0. The molecule has 1 aromatic carbocycles. The van der Waals surface area contributed by atoms with Crippen LogP contribution in [0.25, 0.3) is 0 Å². The highest BCUT2D eigenvalue weighted by Crippen LogP contribution is 2.20. The lowest BCUT2D eigenvalue weighted by Gasteiger charge is -2.38. The monoisotopic (exact) mass is 292 g/mol. The van der Waals surface area contributed by atoms with Crippen molar-refractivity contribution in [2.75, 3.05) is 0 Å². The molecule has 5 heteroatoms. The number of benzene rings is 1. The molecule has 1 saturated heterocycles. The van der Waals surface area contributed by atoms with Crippen LogP contribution in [-0.2, 0) is 16.1 Å². The van der Waals surface area contributed by atoms with Gasteiger partial charge < -0.3 is 10.2 Å². The number of carbonyl (C=O) groups is 2. The van der Waals surface area contributed by atoms with Gasteiger partial charge in [-0.15, -0.1) is 0 Å². The summed E-state index contributed by atoms with van der Waals surface area (Å²) in [6.07, 6.45) is 1.10. The van der Waals surface area contributed by atoms with Gasteiger partial charge in [0.1, 0.15) is 17.9 Å². The lowest BCUT2D eigenvalue weighted by molar-refractivity contribution is -0.150. The van der Waals surface area contributed by atoms with Crippen LogP contribution in [0, 0.1) is 12.7 Å². The summed E-state index contributed by atoms with van der Waals surface area (Å²) in [5.74, 6) is -0.546. The van der Waals surface area contributed by atoms with E-state index >= 15 is 0 Å². The summed E-state index contributed by atoms with van der Waals surface area (Å²) in [4.78, 5) is 26.2. The van der Waals surface area contributed by atoms with E-state index in [9.17, 15) is 14.0 Å². The molecule has 1 N–H and O–H groups in total. The average Bonchev–Trinajstić information content (AvgIpc) is 2.46. The number of hydrogen-bond acceptors (Lipinski definition) is 2. The van der Waals surface area contributed by atoms with Gasteiger partial charge in [0.2, 0.25) is 11.8 Å². The molecule has 1 aliphatic rings. The number of nitrogens with zero attached hydrogens (tertiary/aromatic N) is 1. The van der Waals surface area contributed by atoms with Gasteiger partial charge in [-0.3, -0.25) is 9.59 Å². The minimum atomic E-state index is -0.483. The maximum absolute atomic E-state index is 13.4. The maximum Gasteiger partial charge on any atom is 0.246 e. The molecule has 1 heterocycles. The second kappa shape index (κ2) is 6.24. The van der Waals surface area contributed by atoms with Crippen molar-refractivity contribution in [3.63, 3.8) is 0 Å². The Labute approximate surface area is 124 Å². The molecule has 0 aliphatic carbocycles. The van der Waals surface area contributed by atoms with Crippen LogP contribution in [0.5, 0.6) is 0 Å². The van der Waals surface area contributed by atoms with Crippen LogP contribution >= 0.6 is 0 Å². The van der Waals surface area contributed by atoms with E-state index in [4.69, 9.17) is 0 Å². The smallest absolute Gasteiger partial charge is 0.246 e. The lowest BCUT2D eigenvalue weighted by atomic mass is 10.0. The molecule has 1 aromatic rings. The van der Waals surface area contributed by atoms with Gasteiger partial charge in [0.25, 0.3) is 0 Å². The molecule has 0 radical (unpaired) electrons. The van der Waals surface area contributed by atoms with E-state index in [1.165, 1.54) is 12.1 Å². The van der Waals surface area contributed by atoms with Gasteiger partial charge in [-0.25, -0.2) is 4.39 Å². The zero-order valence-corrected chi connectivity index (χ0v) is 12.6. The Morgan fingerprint density at radius 1 is 1.24 bits per heavy atom. The predicted octanol–water partition coefficient (Wildman–Crippen LogP) is 2.15. The standard InChI is InChI=1S/C16H21FN2O2/c1-4-13-16(21)19(14(5-2)15(20)18-13)9-11-8-12(17)7-6-10(11)3/h6-8,13-14H,4-5,9H2,1-3H3,(H,18,20). The molecule has 2 amide bonds. The molecule has 21 heavy (non-hydrogen) atoms. The van der Waals surface area contributed by atoms with Gasteiger partial charge >= 0.3 is 0 Å². The van der Waals surface area contributed by atoms with Crippen LogP contribution in [-0.4, -0.2) is 28.8 Å². The normalized spacial score (nSPS) is 22.4. The van der Waals surface area contributed by atoms with Gasteiger partial charge in [0, 0.05) is 6.54 Å². The van der Waals surface area contributed by atoms with Gasteiger partial charge in [0.15, 0.2) is 0 Å². The van der Waals surface area contributed by atoms with Crippen molar-refractivity contribution in [1.29, 1.82) is 0 Å². The molecule has 4 nitrogen and oxygen atoms in total. The number of rotatable bonds is 4. The minimum Gasteiger partial charge on any atom is -0.343 e. The van der Waals surface area contributed by atoms with Crippen LogP contribution in [0.1, 0.15) is 37.8 Å². The number of amides is 2. The zero-order valence-electron chi connectivity index (χ0n) is 12.6. The summed E-state index contributed by atoms with van der Waals surface area (Å²) < 4.78 is 13.4. The van der Waals surface area contributed by atoms with E-state index in [0.717, 1.165) is 11.1 Å². The van der Waals surface area contributed by atoms with E-state index in [1.807, 2.05) is 20.8 Å². The van der Waals surface area contributed by atoms with Crippen molar-refractivity contribution < 1.29 is 14.0 Å². The molecule has 0 spiro atoms. The van der Waals surface area contributed by atoms with Crippen LogP contribution in [0.4, 0.5) is 4.39 Å². The first kappa shape index (κ1) is 15.5. The summed E-state index contributed by atoms with van der Waals surface area (Å²) in [5, 5.41) is 2.75. The Bertz CT molecular complexity index is 559. The Morgan fingerprint density at radius 2 is 1.95 bits per heavy atom. The molecule has 1 aliphatic heterocycles. The van der Waals surface area contributed by atoms with E-state index in [1.54, 1.807) is 11.0 Å². The van der Waals surface area contributed by atoms with Gasteiger partial charge in [-0.05, 0) is 43.0 Å². The molecular weight excluding hydrogens is 271 g/mol. The first-order chi connectivity index (χ1) is 9.97. The summed E-state index contributed by atoms with van der Waals surface area (Å²) in [7, 11) is 0. The Hall–Kier alpha value is -1.91. The van der Waals surface area contributed by atoms with Crippen molar-refractivity contribution in [3.8, 4) is 0 Å². The van der Waals surface area contributed by atoms with Crippen molar-refractivity contribution >= 4 is 11.8 Å². The van der Waals surface area contributed by atoms with E-state index < -0.39 is 12.1 Å². The highest BCUT2D eigenvalue weighted by Gasteiger charge is 2.38. The number of aryl methyl sites for hydroxylation is 1. The van der Waals surface area contributed by atoms with E-state index in [-0.39, 0.29) is 24.2 Å². The number of halogens is 1. The second-order valence-corrected chi connectivity index (χ2v) is 5.43. The Balaban J connectivity index is 2.31. The molecule has 2 atom stereocenters. The molecule has 2 unspecified atom stereocenters. The topological polar surface area (TPSA) is 49.4 Å². The Morgan fingerprint density at radius 3 is 2.57 bits per heavy atom. The van der Waals surface area contributed by atoms with Crippen molar-refractivity contribution in [2.45, 2.75) is 52.2 Å². The third kappa shape index (κ3) is 3.06. The maximum atomic E-state index is 13.4.